The predicted molar refractivity (Wildman–Crippen MR) is 121 cm³/mol. The van der Waals surface area contributed by atoms with Crippen LogP contribution in [0.2, 0.25) is 0 Å². The van der Waals surface area contributed by atoms with E-state index in [1.54, 1.807) is 29.1 Å². The van der Waals surface area contributed by atoms with Crippen molar-refractivity contribution >= 4 is 32.5 Å². The Kier molecular flexibility index (Phi) is 5.32. The lowest BCUT2D eigenvalue weighted by Crippen LogP contribution is -2.14. The number of hydrogen-bond donors (Lipinski definition) is 1. The van der Waals surface area contributed by atoms with E-state index >= 15 is 0 Å². The van der Waals surface area contributed by atoms with Gasteiger partial charge in [-0.25, -0.2) is 18.1 Å². The van der Waals surface area contributed by atoms with Gasteiger partial charge >= 0.3 is 0 Å². The van der Waals surface area contributed by atoms with Crippen molar-refractivity contribution < 1.29 is 13.2 Å². The van der Waals surface area contributed by atoms with Gasteiger partial charge in [-0.15, -0.1) is 0 Å². The molecule has 0 aliphatic heterocycles. The second-order valence-corrected chi connectivity index (χ2v) is 9.61. The summed E-state index contributed by atoms with van der Waals surface area (Å²) in [5, 5.41) is 7.86. The number of anilines is 1. The van der Waals surface area contributed by atoms with Crippen molar-refractivity contribution in [2.45, 2.75) is 24.8 Å². The summed E-state index contributed by atoms with van der Waals surface area (Å²) in [5.74, 6) is -0.362. The lowest BCUT2D eigenvalue weighted by Gasteiger charge is -2.11. The largest absolute Gasteiger partial charge is 0.322 e. The summed E-state index contributed by atoms with van der Waals surface area (Å²) in [6, 6.07) is 17.6. The molecule has 0 unspecified atom stereocenters. The molecule has 0 saturated carbocycles. The van der Waals surface area contributed by atoms with Gasteiger partial charge in [-0.1, -0.05) is 36.4 Å². The molecular weight excluding hydrogens is 412 g/mol. The SMILES string of the molecule is CC(C)n1ncc2c(C(=O)Nc3cccc(S(C)(=O)=O)c3)cc(-c3ccccc3)nc21. The molecule has 158 valence electrons. The molecule has 0 atom stereocenters. The number of carbonyl (C=O) groups is 1. The van der Waals surface area contributed by atoms with Crippen molar-refractivity contribution in [1.29, 1.82) is 0 Å². The van der Waals surface area contributed by atoms with Gasteiger partial charge in [-0.05, 0) is 38.1 Å². The maximum atomic E-state index is 13.2. The van der Waals surface area contributed by atoms with Gasteiger partial charge in [0, 0.05) is 23.5 Å². The molecule has 8 heteroatoms. The average Bonchev–Trinajstić information content (AvgIpc) is 3.17. The molecule has 1 N–H and O–H groups in total. The number of hydrogen-bond acceptors (Lipinski definition) is 5. The van der Waals surface area contributed by atoms with E-state index in [-0.39, 0.29) is 16.8 Å². The van der Waals surface area contributed by atoms with Crippen LogP contribution in [0, 0.1) is 0 Å². The molecule has 0 fully saturated rings. The van der Waals surface area contributed by atoms with Crippen LogP contribution >= 0.6 is 0 Å². The fourth-order valence-electron chi connectivity index (χ4n) is 3.34. The van der Waals surface area contributed by atoms with E-state index in [1.165, 1.54) is 12.1 Å². The standard InChI is InChI=1S/C23H22N4O3S/c1-15(2)27-22-20(14-24-27)19(13-21(26-22)16-8-5-4-6-9-16)23(28)25-17-10-7-11-18(12-17)31(3,29)30/h4-15H,1-3H3,(H,25,28). The van der Waals surface area contributed by atoms with Gasteiger partial charge in [0.1, 0.15) is 0 Å². The van der Waals surface area contributed by atoms with Crippen LogP contribution < -0.4 is 5.32 Å². The number of fused-ring (bicyclic) bond motifs is 1. The van der Waals surface area contributed by atoms with Crippen molar-refractivity contribution in [3.8, 4) is 11.3 Å². The molecule has 0 radical (unpaired) electrons. The highest BCUT2D eigenvalue weighted by atomic mass is 32.2. The Balaban J connectivity index is 1.82. The normalized spacial score (nSPS) is 11.7. The number of nitrogens with zero attached hydrogens (tertiary/aromatic N) is 3. The molecule has 0 saturated heterocycles. The van der Waals surface area contributed by atoms with Gasteiger partial charge in [0.25, 0.3) is 5.91 Å². The fourth-order valence-corrected chi connectivity index (χ4v) is 4.01. The minimum atomic E-state index is -3.38. The van der Waals surface area contributed by atoms with Gasteiger partial charge in [-0.2, -0.15) is 5.10 Å². The molecule has 2 heterocycles. The molecule has 31 heavy (non-hydrogen) atoms. The molecule has 0 spiro atoms. The van der Waals surface area contributed by atoms with E-state index in [0.717, 1.165) is 11.8 Å². The van der Waals surface area contributed by atoms with Crippen molar-refractivity contribution in [3.63, 3.8) is 0 Å². The lowest BCUT2D eigenvalue weighted by atomic mass is 10.1. The van der Waals surface area contributed by atoms with Crippen LogP contribution in [0.25, 0.3) is 22.3 Å². The molecular formula is C23H22N4O3S. The van der Waals surface area contributed by atoms with Gasteiger partial charge < -0.3 is 5.32 Å². The Morgan fingerprint density at radius 1 is 1.03 bits per heavy atom. The van der Waals surface area contributed by atoms with Gasteiger partial charge in [0.15, 0.2) is 15.5 Å². The highest BCUT2D eigenvalue weighted by molar-refractivity contribution is 7.90. The molecule has 4 rings (SSSR count). The van der Waals surface area contributed by atoms with Crippen LogP contribution in [0.5, 0.6) is 0 Å². The molecule has 4 aromatic rings. The summed E-state index contributed by atoms with van der Waals surface area (Å²) in [7, 11) is -3.38. The van der Waals surface area contributed by atoms with Crippen molar-refractivity contribution in [2.75, 3.05) is 11.6 Å². The zero-order valence-electron chi connectivity index (χ0n) is 17.4. The van der Waals surface area contributed by atoms with Crippen molar-refractivity contribution in [1.82, 2.24) is 14.8 Å². The van der Waals surface area contributed by atoms with Crippen LogP contribution in [0.4, 0.5) is 5.69 Å². The van der Waals surface area contributed by atoms with Crippen LogP contribution in [0.3, 0.4) is 0 Å². The summed E-state index contributed by atoms with van der Waals surface area (Å²) in [6.45, 7) is 4.00. The average molecular weight is 435 g/mol. The summed E-state index contributed by atoms with van der Waals surface area (Å²) in [5.41, 5.74) is 2.97. The van der Waals surface area contributed by atoms with Crippen molar-refractivity contribution in [2.24, 2.45) is 0 Å². The fraction of sp³-hybridized carbons (Fsp3) is 0.174. The van der Waals surface area contributed by atoms with E-state index in [2.05, 4.69) is 10.4 Å². The zero-order chi connectivity index (χ0) is 22.2. The zero-order valence-corrected chi connectivity index (χ0v) is 18.2. The Morgan fingerprint density at radius 3 is 2.45 bits per heavy atom. The quantitative estimate of drug-likeness (QED) is 0.504. The first-order chi connectivity index (χ1) is 14.7. The number of nitrogens with one attached hydrogen (secondary N) is 1. The Bertz CT molecular complexity index is 1380. The summed E-state index contributed by atoms with van der Waals surface area (Å²) < 4.78 is 25.5. The van der Waals surface area contributed by atoms with E-state index in [4.69, 9.17) is 4.98 Å². The molecule has 7 nitrogen and oxygen atoms in total. The second kappa shape index (κ2) is 7.96. The molecule has 0 bridgehead atoms. The predicted octanol–water partition coefficient (Wildman–Crippen LogP) is 4.34. The number of carbonyl (C=O) groups excluding carboxylic acids is 1. The molecule has 2 aromatic heterocycles. The first-order valence-electron chi connectivity index (χ1n) is 9.79. The molecule has 0 aliphatic carbocycles. The van der Waals surface area contributed by atoms with Crippen molar-refractivity contribution in [3.05, 3.63) is 72.4 Å². The highest BCUT2D eigenvalue weighted by Crippen LogP contribution is 2.27. The van der Waals surface area contributed by atoms with E-state index < -0.39 is 9.84 Å². The maximum absolute atomic E-state index is 13.2. The van der Waals surface area contributed by atoms with Crippen LogP contribution in [-0.4, -0.2) is 35.3 Å². The number of amides is 1. The number of rotatable bonds is 5. The number of sulfone groups is 1. The molecule has 2 aromatic carbocycles. The van der Waals surface area contributed by atoms with E-state index in [1.807, 2.05) is 44.2 Å². The first-order valence-corrected chi connectivity index (χ1v) is 11.7. The molecule has 1 amide bonds. The smallest absolute Gasteiger partial charge is 0.256 e. The number of aromatic nitrogens is 3. The summed E-state index contributed by atoms with van der Waals surface area (Å²) >= 11 is 0. The highest BCUT2D eigenvalue weighted by Gasteiger charge is 2.19. The maximum Gasteiger partial charge on any atom is 0.256 e. The van der Waals surface area contributed by atoms with Gasteiger partial charge in [-0.3, -0.25) is 4.79 Å². The summed E-state index contributed by atoms with van der Waals surface area (Å²) in [6.07, 6.45) is 2.77. The Hall–Kier alpha value is -3.52. The minimum absolute atomic E-state index is 0.0679. The lowest BCUT2D eigenvalue weighted by molar-refractivity contribution is 0.102. The first kappa shape index (κ1) is 20.7. The third-order valence-electron chi connectivity index (χ3n) is 4.89. The third kappa shape index (κ3) is 4.20. The van der Waals surface area contributed by atoms with E-state index in [0.29, 0.717) is 28.0 Å². The number of pyridine rings is 1. The number of benzene rings is 2. The summed E-state index contributed by atoms with van der Waals surface area (Å²) in [4.78, 5) is 18.1. The molecule has 0 aliphatic rings. The second-order valence-electron chi connectivity index (χ2n) is 7.60. The topological polar surface area (TPSA) is 94.0 Å². The van der Waals surface area contributed by atoms with Crippen LogP contribution in [0.15, 0.2) is 71.8 Å². The monoisotopic (exact) mass is 434 g/mol. The Morgan fingerprint density at radius 2 is 1.77 bits per heavy atom. The van der Waals surface area contributed by atoms with Crippen LogP contribution in [-0.2, 0) is 9.84 Å². The Labute approximate surface area is 180 Å². The van der Waals surface area contributed by atoms with Crippen LogP contribution in [0.1, 0.15) is 30.2 Å². The van der Waals surface area contributed by atoms with Gasteiger partial charge in [0.2, 0.25) is 0 Å². The minimum Gasteiger partial charge on any atom is -0.322 e. The third-order valence-corrected chi connectivity index (χ3v) is 6.00. The van der Waals surface area contributed by atoms with Gasteiger partial charge in [0.05, 0.1) is 27.7 Å². The van der Waals surface area contributed by atoms with E-state index in [9.17, 15) is 13.2 Å².